The molecule has 0 amide bonds. The molecule has 1 rings (SSSR count). The summed E-state index contributed by atoms with van der Waals surface area (Å²) >= 11 is 0. The highest BCUT2D eigenvalue weighted by Gasteiger charge is 2.16. The van der Waals surface area contributed by atoms with Gasteiger partial charge in [0, 0.05) is 5.92 Å². The van der Waals surface area contributed by atoms with Gasteiger partial charge in [-0.1, -0.05) is 46.2 Å². The second-order valence-corrected chi connectivity index (χ2v) is 4.74. The normalized spacial score (nSPS) is 11.7. The molecule has 0 saturated carbocycles. The summed E-state index contributed by atoms with van der Waals surface area (Å²) in [5.41, 5.74) is 6.74. The van der Waals surface area contributed by atoms with Crippen LogP contribution in [0.5, 0.6) is 5.75 Å². The van der Waals surface area contributed by atoms with Crippen LogP contribution < -0.4 is 5.73 Å². The minimum Gasteiger partial charge on any atom is -0.508 e. The number of hydrogen-bond acceptors (Lipinski definition) is 3. The Morgan fingerprint density at radius 3 is 2.06 bits per heavy atom. The zero-order valence-corrected chi connectivity index (χ0v) is 11.8. The van der Waals surface area contributed by atoms with E-state index in [4.69, 9.17) is 10.8 Å². The van der Waals surface area contributed by atoms with E-state index in [1.807, 2.05) is 13.8 Å². The maximum Gasteiger partial charge on any atom is 0.152 e. The lowest BCUT2D eigenvalue weighted by molar-refractivity contribution is -0.123. The van der Waals surface area contributed by atoms with E-state index in [1.165, 1.54) is 6.42 Å². The molecule has 1 unspecified atom stereocenters. The van der Waals surface area contributed by atoms with Gasteiger partial charge in [-0.15, -0.1) is 0 Å². The number of hydrogen-bond donors (Lipinski definition) is 2. The number of benzene rings is 1. The molecule has 1 atom stereocenters. The molecule has 1 aromatic carbocycles. The molecule has 102 valence electrons. The lowest BCUT2D eigenvalue weighted by atomic mass is 9.96. The highest BCUT2D eigenvalue weighted by molar-refractivity contribution is 5.85. The number of Topliss-reactive ketones (excluding diaryl/α,β-unsaturated/α-hetero) is 1. The van der Waals surface area contributed by atoms with Gasteiger partial charge in [0.1, 0.15) is 5.75 Å². The summed E-state index contributed by atoms with van der Waals surface area (Å²) in [5, 5.41) is 9.09. The van der Waals surface area contributed by atoms with Crippen LogP contribution >= 0.6 is 0 Å². The predicted octanol–water partition coefficient (Wildman–Crippen LogP) is 2.90. The molecule has 3 heteroatoms. The van der Waals surface area contributed by atoms with Crippen LogP contribution in [0.2, 0.25) is 0 Å². The molecule has 0 aliphatic heterocycles. The highest BCUT2D eigenvalue weighted by Crippen LogP contribution is 2.12. The molecule has 0 fully saturated rings. The van der Waals surface area contributed by atoms with Gasteiger partial charge in [-0.05, 0) is 24.1 Å². The zero-order valence-electron chi connectivity index (χ0n) is 11.8. The molecule has 3 nitrogen and oxygen atoms in total. The van der Waals surface area contributed by atoms with E-state index in [9.17, 15) is 4.79 Å². The fourth-order valence-corrected chi connectivity index (χ4v) is 1.41. The summed E-state index contributed by atoms with van der Waals surface area (Å²) in [6.45, 7) is 7.94. The standard InChI is InChI=1S/C12H17NO2.C3H8/c1-8(2)12(15)11(13)7-9-3-5-10(14)6-4-9;1-3-2/h3-6,8,11,14H,7,13H2,1-2H3;3H2,1-2H3. The third-order valence-corrected chi connectivity index (χ3v) is 2.33. The van der Waals surface area contributed by atoms with E-state index in [1.54, 1.807) is 24.3 Å². The van der Waals surface area contributed by atoms with Gasteiger partial charge in [0.05, 0.1) is 6.04 Å². The van der Waals surface area contributed by atoms with Crippen molar-refractivity contribution in [3.63, 3.8) is 0 Å². The first-order chi connectivity index (χ1) is 8.42. The van der Waals surface area contributed by atoms with Crippen molar-refractivity contribution in [3.05, 3.63) is 29.8 Å². The molecular weight excluding hydrogens is 226 g/mol. The molecule has 0 spiro atoms. The maximum atomic E-state index is 11.5. The third kappa shape index (κ3) is 6.40. The van der Waals surface area contributed by atoms with Gasteiger partial charge in [-0.25, -0.2) is 0 Å². The monoisotopic (exact) mass is 251 g/mol. The van der Waals surface area contributed by atoms with E-state index < -0.39 is 6.04 Å². The Morgan fingerprint density at radius 2 is 1.67 bits per heavy atom. The van der Waals surface area contributed by atoms with Crippen molar-refractivity contribution in [2.24, 2.45) is 11.7 Å². The van der Waals surface area contributed by atoms with Gasteiger partial charge in [0.15, 0.2) is 5.78 Å². The van der Waals surface area contributed by atoms with Gasteiger partial charge >= 0.3 is 0 Å². The molecule has 0 bridgehead atoms. The molecule has 18 heavy (non-hydrogen) atoms. The smallest absolute Gasteiger partial charge is 0.152 e. The van der Waals surface area contributed by atoms with Gasteiger partial charge < -0.3 is 10.8 Å². The molecule has 0 aliphatic carbocycles. The Kier molecular flexibility index (Phi) is 8.05. The van der Waals surface area contributed by atoms with Crippen LogP contribution in [0.4, 0.5) is 0 Å². The number of aromatic hydroxyl groups is 1. The average Bonchev–Trinajstić information content (AvgIpc) is 2.32. The van der Waals surface area contributed by atoms with E-state index in [-0.39, 0.29) is 17.5 Å². The van der Waals surface area contributed by atoms with Crippen molar-refractivity contribution in [2.75, 3.05) is 0 Å². The van der Waals surface area contributed by atoms with Crippen LogP contribution in [0, 0.1) is 5.92 Å². The molecule has 3 N–H and O–H groups in total. The van der Waals surface area contributed by atoms with Crippen molar-refractivity contribution < 1.29 is 9.90 Å². The number of rotatable bonds is 4. The summed E-state index contributed by atoms with van der Waals surface area (Å²) in [5.74, 6) is 0.266. The lowest BCUT2D eigenvalue weighted by Gasteiger charge is -2.12. The van der Waals surface area contributed by atoms with Crippen molar-refractivity contribution in [2.45, 2.75) is 46.6 Å². The summed E-state index contributed by atoms with van der Waals surface area (Å²) < 4.78 is 0. The predicted molar refractivity (Wildman–Crippen MR) is 75.6 cm³/mol. The number of nitrogens with two attached hydrogens (primary N) is 1. The van der Waals surface area contributed by atoms with Gasteiger partial charge in [0.2, 0.25) is 0 Å². The van der Waals surface area contributed by atoms with Gasteiger partial charge in [-0.3, -0.25) is 4.79 Å². The zero-order chi connectivity index (χ0) is 14.1. The summed E-state index contributed by atoms with van der Waals surface area (Å²) in [6, 6.07) is 6.31. The maximum absolute atomic E-state index is 11.5. The van der Waals surface area contributed by atoms with Crippen LogP contribution in [-0.2, 0) is 11.2 Å². The van der Waals surface area contributed by atoms with Crippen molar-refractivity contribution >= 4 is 5.78 Å². The molecular formula is C15H25NO2. The fourth-order valence-electron chi connectivity index (χ4n) is 1.41. The van der Waals surface area contributed by atoms with Crippen LogP contribution in [0.3, 0.4) is 0 Å². The largest absolute Gasteiger partial charge is 0.508 e. The first-order valence-electron chi connectivity index (χ1n) is 6.49. The Balaban J connectivity index is 0.000000873. The molecule has 0 aliphatic rings. The minimum absolute atomic E-state index is 0.0304. The summed E-state index contributed by atoms with van der Waals surface area (Å²) in [7, 11) is 0. The number of phenols is 1. The molecule has 0 saturated heterocycles. The molecule has 0 heterocycles. The SMILES string of the molecule is CC(C)C(=O)C(N)Cc1ccc(O)cc1.CCC. The number of phenolic OH excluding ortho intramolecular Hbond substituents is 1. The fraction of sp³-hybridized carbons (Fsp3) is 0.533. The molecule has 0 radical (unpaired) electrons. The second kappa shape index (κ2) is 8.70. The van der Waals surface area contributed by atoms with E-state index in [0.717, 1.165) is 5.56 Å². The number of carbonyl (C=O) groups excluding carboxylic acids is 1. The Labute approximate surface area is 110 Å². The summed E-state index contributed by atoms with van der Waals surface area (Å²) in [4.78, 5) is 11.5. The quantitative estimate of drug-likeness (QED) is 0.865. The number of carbonyl (C=O) groups is 1. The van der Waals surface area contributed by atoms with Crippen LogP contribution in [0.1, 0.15) is 39.7 Å². The van der Waals surface area contributed by atoms with Crippen molar-refractivity contribution in [1.82, 2.24) is 0 Å². The van der Waals surface area contributed by atoms with Crippen LogP contribution in [0.25, 0.3) is 0 Å². The van der Waals surface area contributed by atoms with Crippen molar-refractivity contribution in [3.8, 4) is 5.75 Å². The lowest BCUT2D eigenvalue weighted by Crippen LogP contribution is -2.35. The Hall–Kier alpha value is -1.35. The second-order valence-electron chi connectivity index (χ2n) is 4.74. The minimum atomic E-state index is -0.449. The van der Waals surface area contributed by atoms with Gasteiger partial charge in [0.25, 0.3) is 0 Å². The Bertz CT molecular complexity index is 344. The van der Waals surface area contributed by atoms with E-state index in [2.05, 4.69) is 13.8 Å². The van der Waals surface area contributed by atoms with Gasteiger partial charge in [-0.2, -0.15) is 0 Å². The molecule has 1 aromatic rings. The third-order valence-electron chi connectivity index (χ3n) is 2.33. The molecule has 0 aromatic heterocycles. The highest BCUT2D eigenvalue weighted by atomic mass is 16.3. The average molecular weight is 251 g/mol. The van der Waals surface area contributed by atoms with E-state index >= 15 is 0 Å². The van der Waals surface area contributed by atoms with Crippen LogP contribution in [0.15, 0.2) is 24.3 Å². The summed E-state index contributed by atoms with van der Waals surface area (Å²) in [6.07, 6.45) is 1.78. The van der Waals surface area contributed by atoms with Crippen LogP contribution in [-0.4, -0.2) is 16.9 Å². The first kappa shape index (κ1) is 16.6. The van der Waals surface area contributed by atoms with E-state index in [0.29, 0.717) is 6.42 Å². The first-order valence-corrected chi connectivity index (χ1v) is 6.49. The topological polar surface area (TPSA) is 63.3 Å². The Morgan fingerprint density at radius 1 is 1.22 bits per heavy atom. The van der Waals surface area contributed by atoms with Crippen molar-refractivity contribution in [1.29, 1.82) is 0 Å². The number of ketones is 1.